The van der Waals surface area contributed by atoms with Gasteiger partial charge in [-0.05, 0) is 55.7 Å². The van der Waals surface area contributed by atoms with Crippen LogP contribution in [0.1, 0.15) is 32.8 Å². The van der Waals surface area contributed by atoms with Gasteiger partial charge in [0.15, 0.2) is 5.60 Å². The summed E-state index contributed by atoms with van der Waals surface area (Å²) in [6.45, 7) is 4.88. The summed E-state index contributed by atoms with van der Waals surface area (Å²) in [6.07, 6.45) is -0.683. The highest BCUT2D eigenvalue weighted by molar-refractivity contribution is 6.68. The summed E-state index contributed by atoms with van der Waals surface area (Å²) in [5.74, 6) is -0.471. The van der Waals surface area contributed by atoms with E-state index in [0.29, 0.717) is 32.7 Å². The Kier molecular flexibility index (Phi) is 10.2. The molecule has 232 valence electrons. The Morgan fingerprint density at radius 3 is 2.23 bits per heavy atom. The van der Waals surface area contributed by atoms with Crippen molar-refractivity contribution in [1.29, 1.82) is 0 Å². The van der Waals surface area contributed by atoms with Crippen LogP contribution in [0, 0.1) is 0 Å². The summed E-state index contributed by atoms with van der Waals surface area (Å²) in [6, 6.07) is 10.5. The van der Waals surface area contributed by atoms with E-state index in [2.05, 4.69) is 0 Å². The molecule has 0 aliphatic carbocycles. The van der Waals surface area contributed by atoms with Crippen LogP contribution in [-0.4, -0.2) is 80.7 Å². The average Bonchev–Trinajstić information content (AvgIpc) is 2.91. The monoisotopic (exact) mass is 692 g/mol. The molecule has 1 fully saturated rings. The van der Waals surface area contributed by atoms with E-state index in [1.807, 2.05) is 0 Å². The topological polar surface area (TPSA) is 106 Å². The smallest absolute Gasteiger partial charge is 0.411 e. The Balaban J connectivity index is 1.55. The number of carbonyl (C=O) groups excluding carboxylic acids is 2. The van der Waals surface area contributed by atoms with Crippen LogP contribution < -0.4 is 9.47 Å². The van der Waals surface area contributed by atoms with Gasteiger partial charge in [0.25, 0.3) is 0 Å². The number of carbonyl (C=O) groups is 3. The molecule has 43 heavy (non-hydrogen) atoms. The van der Waals surface area contributed by atoms with E-state index in [1.165, 1.54) is 30.6 Å². The van der Waals surface area contributed by atoms with Crippen molar-refractivity contribution in [3.05, 3.63) is 63.6 Å². The average molecular weight is 695 g/mol. The molecule has 2 aliphatic rings. The number of piperazine rings is 1. The highest BCUT2D eigenvalue weighted by Gasteiger charge is 2.51. The highest BCUT2D eigenvalue weighted by Crippen LogP contribution is 2.43. The molecule has 2 amide bonds. The van der Waals surface area contributed by atoms with Crippen molar-refractivity contribution in [1.82, 2.24) is 9.80 Å². The van der Waals surface area contributed by atoms with E-state index in [0.717, 1.165) is 0 Å². The van der Waals surface area contributed by atoms with Gasteiger partial charge in [0.1, 0.15) is 29.7 Å². The minimum absolute atomic E-state index is 0.0219. The number of nitrogens with zero attached hydrogens (tertiary/aromatic N) is 2. The first-order valence-corrected chi connectivity index (χ1v) is 15.1. The number of aliphatic carboxylic acids is 1. The van der Waals surface area contributed by atoms with E-state index >= 15 is 0 Å². The van der Waals surface area contributed by atoms with Crippen molar-refractivity contribution < 1.29 is 33.7 Å². The zero-order valence-electron chi connectivity index (χ0n) is 23.4. The van der Waals surface area contributed by atoms with Crippen LogP contribution in [-0.2, 0) is 14.3 Å². The third-order valence-corrected chi connectivity index (χ3v) is 9.46. The molecule has 0 aromatic heterocycles. The minimum Gasteiger partial charge on any atom is -0.490 e. The molecule has 2 bridgehead atoms. The minimum atomic E-state index is -1.94. The van der Waals surface area contributed by atoms with Crippen LogP contribution in [0.15, 0.2) is 48.0 Å². The predicted molar refractivity (Wildman–Crippen MR) is 166 cm³/mol. The lowest BCUT2D eigenvalue weighted by molar-refractivity contribution is -0.137. The summed E-state index contributed by atoms with van der Waals surface area (Å²) in [5.41, 5.74) is -0.349. The van der Waals surface area contributed by atoms with Crippen molar-refractivity contribution >= 4 is 81.5 Å². The first kappa shape index (κ1) is 33.3. The van der Waals surface area contributed by atoms with Gasteiger partial charge in [-0.3, -0.25) is 9.69 Å². The lowest BCUT2D eigenvalue weighted by Gasteiger charge is -2.50. The maximum absolute atomic E-state index is 13.4. The van der Waals surface area contributed by atoms with Crippen molar-refractivity contribution in [2.24, 2.45) is 0 Å². The number of benzene rings is 2. The van der Waals surface area contributed by atoms with E-state index in [-0.39, 0.29) is 44.2 Å². The predicted octanol–water partition coefficient (Wildman–Crippen LogP) is 6.88. The Hall–Kier alpha value is -2.56. The molecule has 2 aliphatic heterocycles. The number of alkyl halides is 3. The van der Waals surface area contributed by atoms with Crippen molar-refractivity contribution in [3.63, 3.8) is 0 Å². The van der Waals surface area contributed by atoms with E-state index in [1.54, 1.807) is 42.5 Å². The van der Waals surface area contributed by atoms with Crippen molar-refractivity contribution in [2.75, 3.05) is 26.3 Å². The van der Waals surface area contributed by atoms with Crippen LogP contribution in [0.3, 0.4) is 0 Å². The normalized spacial score (nSPS) is 18.8. The Morgan fingerprint density at radius 1 is 0.977 bits per heavy atom. The molecule has 2 aromatic rings. The number of fused-ring (bicyclic) bond motifs is 2. The molecule has 0 radical (unpaired) electrons. The second-order valence-corrected chi connectivity index (χ2v) is 13.6. The van der Waals surface area contributed by atoms with E-state index in [4.69, 9.17) is 72.2 Å². The van der Waals surface area contributed by atoms with Gasteiger partial charge in [0, 0.05) is 20.0 Å². The SMILES string of the molecule is CC(=O)N1CC2CC(c3ccc(OCCOc4cccc(Cl)c4Cl)cc3)=C(C(=O)O)C(C1)N2C(=O)OC(C)(C)C(Cl)(Cl)Cl. The molecule has 0 saturated carbocycles. The molecule has 9 nitrogen and oxygen atoms in total. The second-order valence-electron chi connectivity index (χ2n) is 10.6. The van der Waals surface area contributed by atoms with Crippen LogP contribution in [0.4, 0.5) is 4.79 Å². The van der Waals surface area contributed by atoms with Gasteiger partial charge >= 0.3 is 12.1 Å². The number of carboxylic acid groups (broad SMARTS) is 1. The van der Waals surface area contributed by atoms with Crippen LogP contribution in [0.25, 0.3) is 5.57 Å². The van der Waals surface area contributed by atoms with Gasteiger partial charge in [-0.15, -0.1) is 0 Å². The summed E-state index contributed by atoms with van der Waals surface area (Å²) in [4.78, 5) is 41.3. The van der Waals surface area contributed by atoms with E-state index in [9.17, 15) is 19.5 Å². The van der Waals surface area contributed by atoms with Gasteiger partial charge < -0.3 is 24.2 Å². The molecule has 2 heterocycles. The Bertz CT molecular complexity index is 1430. The highest BCUT2D eigenvalue weighted by atomic mass is 35.6. The first-order chi connectivity index (χ1) is 20.1. The maximum atomic E-state index is 13.4. The van der Waals surface area contributed by atoms with Gasteiger partial charge in [-0.25, -0.2) is 9.59 Å². The molecule has 0 spiro atoms. The van der Waals surface area contributed by atoms with Crippen LogP contribution in [0.5, 0.6) is 11.5 Å². The summed E-state index contributed by atoms with van der Waals surface area (Å²) >= 11 is 30.2. The van der Waals surface area contributed by atoms with Crippen molar-refractivity contribution in [2.45, 2.75) is 48.7 Å². The number of hydrogen-bond donors (Lipinski definition) is 1. The fourth-order valence-corrected chi connectivity index (χ4v) is 5.44. The molecule has 1 N–H and O–H groups in total. The summed E-state index contributed by atoms with van der Waals surface area (Å²) in [7, 11) is 0. The van der Waals surface area contributed by atoms with Gasteiger partial charge in [-0.1, -0.05) is 76.2 Å². The van der Waals surface area contributed by atoms with Gasteiger partial charge in [0.2, 0.25) is 9.70 Å². The summed E-state index contributed by atoms with van der Waals surface area (Å²) < 4.78 is 15.1. The number of ether oxygens (including phenoxy) is 3. The molecule has 4 rings (SSSR count). The molecule has 2 unspecified atom stereocenters. The second kappa shape index (κ2) is 13.2. The van der Waals surface area contributed by atoms with Crippen LogP contribution in [0.2, 0.25) is 10.0 Å². The standard InChI is InChI=1S/C29H29Cl5N2O7/c1-16(37)35-14-18-13-20(24(26(38)39)22(15-35)36(18)27(40)43-28(2,3)29(32,33)34)17-7-9-19(10-8-17)41-11-12-42-23-6-4-5-21(30)25(23)31/h4-10,18,22H,11-15H2,1-3H3,(H,38,39). The molecule has 2 atom stereocenters. The molecular formula is C29H29Cl5N2O7. The largest absolute Gasteiger partial charge is 0.490 e. The van der Waals surface area contributed by atoms with E-state index < -0.39 is 33.5 Å². The zero-order valence-corrected chi connectivity index (χ0v) is 27.2. The fourth-order valence-electron chi connectivity index (χ4n) is 4.97. The van der Waals surface area contributed by atoms with Gasteiger partial charge in [-0.2, -0.15) is 0 Å². The number of halogens is 5. The lowest BCUT2D eigenvalue weighted by atomic mass is 9.82. The number of amides is 2. The van der Waals surface area contributed by atoms with Gasteiger partial charge in [0.05, 0.1) is 22.7 Å². The molecule has 14 heteroatoms. The third kappa shape index (κ3) is 7.40. The van der Waals surface area contributed by atoms with Crippen LogP contribution >= 0.6 is 58.0 Å². The third-order valence-electron chi connectivity index (χ3n) is 7.29. The van der Waals surface area contributed by atoms with Crippen molar-refractivity contribution in [3.8, 4) is 11.5 Å². The Morgan fingerprint density at radius 2 is 1.63 bits per heavy atom. The number of rotatable bonds is 8. The molecule has 1 saturated heterocycles. The zero-order chi connectivity index (χ0) is 31.7. The fraction of sp³-hybridized carbons (Fsp3) is 0.414. The number of hydrogen-bond acceptors (Lipinski definition) is 6. The first-order valence-electron chi connectivity index (χ1n) is 13.2. The Labute approximate surface area is 274 Å². The maximum Gasteiger partial charge on any atom is 0.411 e. The summed E-state index contributed by atoms with van der Waals surface area (Å²) in [5, 5.41) is 11.0. The molecule has 2 aromatic carbocycles. The number of carboxylic acids is 1. The molecular weight excluding hydrogens is 666 g/mol. The lowest BCUT2D eigenvalue weighted by Crippen LogP contribution is -2.65. The quantitative estimate of drug-likeness (QED) is 0.237.